The first-order chi connectivity index (χ1) is 18.7. The van der Waals surface area contributed by atoms with Gasteiger partial charge in [0.25, 0.3) is 0 Å². The van der Waals surface area contributed by atoms with E-state index < -0.39 is 0 Å². The van der Waals surface area contributed by atoms with Gasteiger partial charge in [-0.15, -0.1) is 0 Å². The summed E-state index contributed by atoms with van der Waals surface area (Å²) < 4.78 is 8.65. The molecule has 0 bridgehead atoms. The number of rotatable bonds is 5. The Morgan fingerprint density at radius 3 is 2.66 bits per heavy atom. The predicted molar refractivity (Wildman–Crippen MR) is 151 cm³/mol. The van der Waals surface area contributed by atoms with Gasteiger partial charge >= 0.3 is 0 Å². The number of nitrogens with zero attached hydrogens (tertiary/aromatic N) is 7. The predicted octanol–water partition coefficient (Wildman–Crippen LogP) is 4.81. The summed E-state index contributed by atoms with van der Waals surface area (Å²) in [5.41, 5.74) is 4.28. The number of hydrogen-bond acceptors (Lipinski definition) is 7. The minimum atomic E-state index is 0.305. The van der Waals surface area contributed by atoms with Gasteiger partial charge in [0, 0.05) is 61.6 Å². The number of piperidine rings is 1. The van der Waals surface area contributed by atoms with E-state index in [9.17, 15) is 0 Å². The van der Waals surface area contributed by atoms with Crippen LogP contribution in [-0.4, -0.2) is 74.0 Å². The van der Waals surface area contributed by atoms with Crippen molar-refractivity contribution >= 4 is 43.7 Å². The molecule has 2 fully saturated rings. The number of fused-ring (bicyclic) bond motifs is 2. The minimum Gasteiger partial charge on any atom is -0.378 e. The molecule has 38 heavy (non-hydrogen) atoms. The normalized spacial score (nSPS) is 17.6. The average molecular weight is 573 g/mol. The standard InChI is InChI=1S/C28H29BrN8O/c29-25-4-1-19(16-31-25)18-35-9-6-22(7-10-35)37-28-23(17-32-37)27(36-11-13-38-14-12-36)33-26(34-28)21-2-3-24-20(15-21)5-8-30-24/h1-5,8,15-17,22,30H,6-7,9-14,18H2. The molecule has 2 aliphatic heterocycles. The Morgan fingerprint density at radius 2 is 1.84 bits per heavy atom. The summed E-state index contributed by atoms with van der Waals surface area (Å²) in [6.45, 7) is 5.99. The number of pyridine rings is 1. The fourth-order valence-electron chi connectivity index (χ4n) is 5.60. The van der Waals surface area contributed by atoms with Crippen LogP contribution in [0.1, 0.15) is 24.4 Å². The van der Waals surface area contributed by atoms with Crippen molar-refractivity contribution in [3.8, 4) is 11.4 Å². The number of aromatic amines is 1. The second kappa shape index (κ2) is 10.1. The highest BCUT2D eigenvalue weighted by atomic mass is 79.9. The smallest absolute Gasteiger partial charge is 0.164 e. The lowest BCUT2D eigenvalue weighted by molar-refractivity contribution is 0.122. The molecule has 9 nitrogen and oxygen atoms in total. The molecular formula is C28H29BrN8O. The zero-order chi connectivity index (χ0) is 25.5. The summed E-state index contributed by atoms with van der Waals surface area (Å²) >= 11 is 3.42. The van der Waals surface area contributed by atoms with Crippen molar-refractivity contribution in [2.45, 2.75) is 25.4 Å². The lowest BCUT2D eigenvalue weighted by Crippen LogP contribution is -2.37. The number of benzene rings is 1. The van der Waals surface area contributed by atoms with E-state index in [1.165, 1.54) is 5.56 Å². The number of H-pyrrole nitrogens is 1. The van der Waals surface area contributed by atoms with E-state index in [4.69, 9.17) is 19.8 Å². The molecule has 6 heterocycles. The molecule has 0 radical (unpaired) electrons. The van der Waals surface area contributed by atoms with Gasteiger partial charge in [-0.1, -0.05) is 6.07 Å². The first kappa shape index (κ1) is 23.8. The highest BCUT2D eigenvalue weighted by molar-refractivity contribution is 9.10. The molecule has 7 rings (SSSR count). The zero-order valence-electron chi connectivity index (χ0n) is 21.1. The molecule has 1 aromatic carbocycles. The van der Waals surface area contributed by atoms with Crippen LogP contribution < -0.4 is 4.90 Å². The molecule has 0 amide bonds. The average Bonchev–Trinajstić information content (AvgIpc) is 3.61. The van der Waals surface area contributed by atoms with Crippen molar-refractivity contribution in [3.63, 3.8) is 0 Å². The number of halogens is 1. The topological polar surface area (TPSA) is 88.0 Å². The van der Waals surface area contributed by atoms with Crippen LogP contribution >= 0.6 is 15.9 Å². The van der Waals surface area contributed by atoms with Crippen molar-refractivity contribution in [2.24, 2.45) is 0 Å². The van der Waals surface area contributed by atoms with Crippen LogP contribution in [0, 0.1) is 0 Å². The summed E-state index contributed by atoms with van der Waals surface area (Å²) in [6.07, 6.45) is 7.93. The van der Waals surface area contributed by atoms with E-state index in [0.717, 1.165) is 89.3 Å². The van der Waals surface area contributed by atoms with Crippen LogP contribution in [0.3, 0.4) is 0 Å². The van der Waals surface area contributed by atoms with Crippen molar-refractivity contribution in [3.05, 3.63) is 65.2 Å². The maximum atomic E-state index is 5.63. The molecule has 0 atom stereocenters. The van der Waals surface area contributed by atoms with Gasteiger partial charge in [0.1, 0.15) is 10.4 Å². The Labute approximate surface area is 229 Å². The fraction of sp³-hybridized carbons (Fsp3) is 0.357. The number of morpholine rings is 1. The second-order valence-electron chi connectivity index (χ2n) is 10.1. The van der Waals surface area contributed by atoms with E-state index in [1.54, 1.807) is 0 Å². The fourth-order valence-corrected chi connectivity index (χ4v) is 5.83. The second-order valence-corrected chi connectivity index (χ2v) is 10.9. The van der Waals surface area contributed by atoms with Crippen LogP contribution in [0.5, 0.6) is 0 Å². The molecule has 5 aromatic rings. The largest absolute Gasteiger partial charge is 0.378 e. The van der Waals surface area contributed by atoms with Crippen molar-refractivity contribution in [2.75, 3.05) is 44.3 Å². The summed E-state index contributed by atoms with van der Waals surface area (Å²) in [5.74, 6) is 1.69. The number of nitrogens with one attached hydrogen (secondary N) is 1. The molecule has 0 saturated carbocycles. The first-order valence-corrected chi connectivity index (χ1v) is 14.0. The molecule has 1 N–H and O–H groups in total. The van der Waals surface area contributed by atoms with Gasteiger partial charge in [-0.3, -0.25) is 4.90 Å². The van der Waals surface area contributed by atoms with Crippen LogP contribution in [-0.2, 0) is 11.3 Å². The molecule has 194 valence electrons. The maximum Gasteiger partial charge on any atom is 0.164 e. The van der Waals surface area contributed by atoms with Crippen molar-refractivity contribution < 1.29 is 4.74 Å². The van der Waals surface area contributed by atoms with Gasteiger partial charge < -0.3 is 14.6 Å². The summed E-state index contributed by atoms with van der Waals surface area (Å²) in [5, 5.41) is 7.06. The number of hydrogen-bond donors (Lipinski definition) is 1. The van der Waals surface area contributed by atoms with Crippen LogP contribution in [0.25, 0.3) is 33.3 Å². The number of likely N-dealkylation sites (tertiary alicyclic amines) is 1. The SMILES string of the molecule is Brc1ccc(CN2CCC(n3ncc4c(N5CCOCC5)nc(-c5ccc6[nH]ccc6c5)nc43)CC2)cn1. The zero-order valence-corrected chi connectivity index (χ0v) is 22.6. The molecule has 0 spiro atoms. The lowest BCUT2D eigenvalue weighted by Gasteiger charge is -2.32. The molecule has 10 heteroatoms. The van der Waals surface area contributed by atoms with Gasteiger partial charge in [0.05, 0.1) is 30.8 Å². The molecule has 2 saturated heterocycles. The van der Waals surface area contributed by atoms with Gasteiger partial charge in [-0.05, 0) is 64.7 Å². The Hall–Kier alpha value is -3.34. The quantitative estimate of drug-likeness (QED) is 0.302. The Kier molecular flexibility index (Phi) is 6.31. The van der Waals surface area contributed by atoms with Crippen molar-refractivity contribution in [1.29, 1.82) is 0 Å². The van der Waals surface area contributed by atoms with Gasteiger partial charge in [-0.25, -0.2) is 19.6 Å². The minimum absolute atomic E-state index is 0.305. The summed E-state index contributed by atoms with van der Waals surface area (Å²) in [7, 11) is 0. The third-order valence-electron chi connectivity index (χ3n) is 7.65. The molecule has 0 unspecified atom stereocenters. The maximum absolute atomic E-state index is 5.63. The Morgan fingerprint density at radius 1 is 0.974 bits per heavy atom. The van der Waals surface area contributed by atoms with Crippen LogP contribution in [0.2, 0.25) is 0 Å². The van der Waals surface area contributed by atoms with Crippen LogP contribution in [0.15, 0.2) is 59.6 Å². The highest BCUT2D eigenvalue weighted by Gasteiger charge is 2.26. The summed E-state index contributed by atoms with van der Waals surface area (Å²) in [4.78, 5) is 22.7. The molecule has 2 aliphatic rings. The Bertz CT molecular complexity index is 1570. The van der Waals surface area contributed by atoms with E-state index in [2.05, 4.69) is 70.7 Å². The van der Waals surface area contributed by atoms with E-state index in [1.807, 2.05) is 24.7 Å². The van der Waals surface area contributed by atoms with Gasteiger partial charge in [-0.2, -0.15) is 5.10 Å². The lowest BCUT2D eigenvalue weighted by atomic mass is 10.0. The number of aromatic nitrogens is 6. The molecule has 4 aromatic heterocycles. The van der Waals surface area contributed by atoms with E-state index >= 15 is 0 Å². The molecule has 0 aliphatic carbocycles. The monoisotopic (exact) mass is 572 g/mol. The third kappa shape index (κ3) is 4.57. The molecular weight excluding hydrogens is 544 g/mol. The first-order valence-electron chi connectivity index (χ1n) is 13.2. The number of ether oxygens (including phenoxy) is 1. The third-order valence-corrected chi connectivity index (χ3v) is 8.12. The Balaban J connectivity index is 1.21. The van der Waals surface area contributed by atoms with Gasteiger partial charge in [0.15, 0.2) is 11.5 Å². The highest BCUT2D eigenvalue weighted by Crippen LogP contribution is 2.33. The van der Waals surface area contributed by atoms with E-state index in [-0.39, 0.29) is 0 Å². The summed E-state index contributed by atoms with van der Waals surface area (Å²) in [6, 6.07) is 12.9. The van der Waals surface area contributed by atoms with Gasteiger partial charge in [0.2, 0.25) is 0 Å². The van der Waals surface area contributed by atoms with Crippen LogP contribution in [0.4, 0.5) is 5.82 Å². The number of anilines is 1. The van der Waals surface area contributed by atoms with Crippen molar-refractivity contribution in [1.82, 2.24) is 34.6 Å². The van der Waals surface area contributed by atoms with E-state index in [0.29, 0.717) is 19.3 Å².